The van der Waals surface area contributed by atoms with Crippen LogP contribution in [-0.2, 0) is 20.7 Å². The predicted molar refractivity (Wildman–Crippen MR) is 139 cm³/mol. The van der Waals surface area contributed by atoms with Crippen molar-refractivity contribution in [1.82, 2.24) is 5.32 Å². The monoisotopic (exact) mass is 505 g/mol. The average Bonchev–Trinajstić information content (AvgIpc) is 3.18. The molecule has 0 bridgehead atoms. The second-order valence-corrected chi connectivity index (χ2v) is 10.1. The van der Waals surface area contributed by atoms with Crippen LogP contribution in [-0.4, -0.2) is 37.4 Å². The van der Waals surface area contributed by atoms with Crippen molar-refractivity contribution in [2.24, 2.45) is 0 Å². The molecule has 1 aliphatic rings. The normalized spacial score (nSPS) is 13.3. The Labute approximate surface area is 216 Å². The lowest BCUT2D eigenvalue weighted by Crippen LogP contribution is -2.45. The number of benzene rings is 3. The third kappa shape index (κ3) is 6.28. The van der Waals surface area contributed by atoms with E-state index in [0.29, 0.717) is 11.3 Å². The number of rotatable bonds is 8. The maximum absolute atomic E-state index is 14.5. The van der Waals surface area contributed by atoms with Gasteiger partial charge in [-0.05, 0) is 67.5 Å². The Kier molecular flexibility index (Phi) is 7.81. The second-order valence-electron chi connectivity index (χ2n) is 10.1. The quantitative estimate of drug-likeness (QED) is 0.379. The number of halogens is 1. The summed E-state index contributed by atoms with van der Waals surface area (Å²) in [6.45, 7) is 5.36. The molecule has 1 N–H and O–H groups in total. The smallest absolute Gasteiger partial charge is 0.407 e. The number of carbonyl (C=O) groups is 2. The third-order valence-electron chi connectivity index (χ3n) is 6.29. The number of amides is 1. The zero-order valence-electron chi connectivity index (χ0n) is 21.5. The number of ether oxygens (including phenoxy) is 3. The van der Waals surface area contributed by atoms with Crippen LogP contribution in [0.25, 0.3) is 11.1 Å². The number of nitrogens with one attached hydrogen (secondary N) is 1. The number of esters is 1. The fraction of sp³-hybridized carbons (Fsp3) is 0.333. The molecule has 0 aliphatic heterocycles. The summed E-state index contributed by atoms with van der Waals surface area (Å²) in [5.74, 6) is -0.744. The first kappa shape index (κ1) is 26.2. The number of fused-ring (bicyclic) bond motifs is 3. The molecule has 3 aromatic carbocycles. The summed E-state index contributed by atoms with van der Waals surface area (Å²) < 4.78 is 30.6. The van der Waals surface area contributed by atoms with Gasteiger partial charge in [-0.25, -0.2) is 14.0 Å². The van der Waals surface area contributed by atoms with Crippen molar-refractivity contribution in [1.29, 1.82) is 0 Å². The van der Waals surface area contributed by atoms with Crippen LogP contribution in [0.4, 0.5) is 9.18 Å². The fourth-order valence-corrected chi connectivity index (χ4v) is 4.56. The first-order chi connectivity index (χ1) is 17.7. The maximum atomic E-state index is 14.5. The van der Waals surface area contributed by atoms with Gasteiger partial charge in [0.05, 0.1) is 7.11 Å². The molecular formula is C30H32FNO5. The van der Waals surface area contributed by atoms with Gasteiger partial charge in [0, 0.05) is 12.0 Å². The molecule has 1 unspecified atom stereocenters. The van der Waals surface area contributed by atoms with E-state index < -0.39 is 29.5 Å². The van der Waals surface area contributed by atoms with E-state index in [2.05, 4.69) is 17.4 Å². The number of aryl methyl sites for hydroxylation is 1. The Hall–Kier alpha value is -3.87. The van der Waals surface area contributed by atoms with Gasteiger partial charge in [-0.2, -0.15) is 0 Å². The molecule has 0 saturated carbocycles. The van der Waals surface area contributed by atoms with E-state index >= 15 is 0 Å². The molecule has 0 radical (unpaired) electrons. The Balaban J connectivity index is 1.44. The molecule has 0 fully saturated rings. The highest BCUT2D eigenvalue weighted by Crippen LogP contribution is 2.44. The molecule has 7 heteroatoms. The summed E-state index contributed by atoms with van der Waals surface area (Å²) in [6, 6.07) is 19.6. The zero-order valence-corrected chi connectivity index (χ0v) is 21.5. The van der Waals surface area contributed by atoms with Crippen LogP contribution in [0.3, 0.4) is 0 Å². The number of hydrogen-bond acceptors (Lipinski definition) is 5. The molecule has 194 valence electrons. The van der Waals surface area contributed by atoms with Gasteiger partial charge in [-0.15, -0.1) is 0 Å². The largest absolute Gasteiger partial charge is 0.497 e. The molecule has 1 amide bonds. The van der Waals surface area contributed by atoms with Gasteiger partial charge in [-0.3, -0.25) is 0 Å². The Morgan fingerprint density at radius 1 is 0.973 bits per heavy atom. The molecule has 0 spiro atoms. The fourth-order valence-electron chi connectivity index (χ4n) is 4.56. The number of hydrogen-bond donors (Lipinski definition) is 1. The summed E-state index contributed by atoms with van der Waals surface area (Å²) in [5, 5.41) is 2.64. The van der Waals surface area contributed by atoms with E-state index in [0.717, 1.165) is 22.3 Å². The Morgan fingerprint density at radius 3 is 2.16 bits per heavy atom. The summed E-state index contributed by atoms with van der Waals surface area (Å²) in [6.07, 6.45) is -0.376. The molecular weight excluding hydrogens is 473 g/mol. The van der Waals surface area contributed by atoms with Gasteiger partial charge in [0.2, 0.25) is 0 Å². The van der Waals surface area contributed by atoms with E-state index in [4.69, 9.17) is 14.2 Å². The van der Waals surface area contributed by atoms with Gasteiger partial charge in [0.25, 0.3) is 0 Å². The van der Waals surface area contributed by atoms with Crippen molar-refractivity contribution in [3.8, 4) is 16.9 Å². The molecule has 3 aromatic rings. The van der Waals surface area contributed by atoms with Crippen molar-refractivity contribution in [2.75, 3.05) is 13.7 Å². The average molecular weight is 506 g/mol. The highest BCUT2D eigenvalue weighted by molar-refractivity contribution is 5.82. The van der Waals surface area contributed by atoms with Crippen LogP contribution in [0, 0.1) is 5.82 Å². The van der Waals surface area contributed by atoms with E-state index in [1.165, 1.54) is 13.2 Å². The van der Waals surface area contributed by atoms with Gasteiger partial charge < -0.3 is 19.5 Å². The van der Waals surface area contributed by atoms with Crippen LogP contribution in [0.2, 0.25) is 0 Å². The predicted octanol–water partition coefficient (Wildman–Crippen LogP) is 6.02. The first-order valence-electron chi connectivity index (χ1n) is 12.3. The molecule has 37 heavy (non-hydrogen) atoms. The minimum atomic E-state index is -1.00. The van der Waals surface area contributed by atoms with Gasteiger partial charge in [0.1, 0.15) is 29.8 Å². The van der Waals surface area contributed by atoms with E-state index in [9.17, 15) is 14.0 Å². The van der Waals surface area contributed by atoms with Crippen molar-refractivity contribution in [3.63, 3.8) is 0 Å². The highest BCUT2D eigenvalue weighted by Gasteiger charge is 2.31. The highest BCUT2D eigenvalue weighted by atomic mass is 19.1. The van der Waals surface area contributed by atoms with Gasteiger partial charge in [0.15, 0.2) is 0 Å². The van der Waals surface area contributed by atoms with E-state index in [-0.39, 0.29) is 25.4 Å². The summed E-state index contributed by atoms with van der Waals surface area (Å²) in [7, 11) is 1.46. The topological polar surface area (TPSA) is 73.9 Å². The minimum absolute atomic E-state index is 0.105. The van der Waals surface area contributed by atoms with Crippen molar-refractivity contribution < 1.29 is 28.2 Å². The summed E-state index contributed by atoms with van der Waals surface area (Å²) in [5.41, 5.74) is 4.10. The van der Waals surface area contributed by atoms with Crippen molar-refractivity contribution in [3.05, 3.63) is 89.2 Å². The lowest BCUT2D eigenvalue weighted by atomic mass is 9.98. The summed E-state index contributed by atoms with van der Waals surface area (Å²) >= 11 is 0. The Morgan fingerprint density at radius 2 is 1.59 bits per heavy atom. The lowest BCUT2D eigenvalue weighted by molar-refractivity contribution is -0.157. The molecule has 0 saturated heterocycles. The molecule has 4 rings (SSSR count). The van der Waals surface area contributed by atoms with Crippen LogP contribution >= 0.6 is 0 Å². The number of alkyl carbamates (subject to hydrolysis) is 1. The number of methoxy groups -OCH3 is 1. The van der Waals surface area contributed by atoms with Crippen molar-refractivity contribution in [2.45, 2.75) is 51.2 Å². The van der Waals surface area contributed by atoms with E-state index in [1.54, 1.807) is 32.9 Å². The second kappa shape index (κ2) is 11.0. The van der Waals surface area contributed by atoms with Crippen LogP contribution in [0.5, 0.6) is 5.75 Å². The van der Waals surface area contributed by atoms with Gasteiger partial charge in [-0.1, -0.05) is 54.6 Å². The SMILES string of the molecule is COc1ccc(CCC(NC(=O)OCC2c3ccccc3-c3ccccc32)C(=O)OC(C)(C)C)c(F)c1. The first-order valence-corrected chi connectivity index (χ1v) is 12.3. The molecule has 1 atom stereocenters. The number of carbonyl (C=O) groups excluding carboxylic acids is 2. The standard InChI is InChI=1S/C30H32FNO5/c1-30(2,3)37-28(33)27(16-14-19-13-15-20(35-4)17-26(19)31)32-29(34)36-18-25-23-11-7-5-9-21(23)22-10-6-8-12-24(22)25/h5-13,15,17,25,27H,14,16,18H2,1-4H3,(H,32,34). The van der Waals surface area contributed by atoms with Crippen LogP contribution < -0.4 is 10.1 Å². The minimum Gasteiger partial charge on any atom is -0.497 e. The molecule has 6 nitrogen and oxygen atoms in total. The lowest BCUT2D eigenvalue weighted by Gasteiger charge is -2.25. The third-order valence-corrected chi connectivity index (χ3v) is 6.29. The van der Waals surface area contributed by atoms with Gasteiger partial charge >= 0.3 is 12.1 Å². The molecule has 0 aromatic heterocycles. The molecule has 1 aliphatic carbocycles. The van der Waals surface area contributed by atoms with Crippen LogP contribution in [0.15, 0.2) is 66.7 Å². The van der Waals surface area contributed by atoms with Crippen molar-refractivity contribution >= 4 is 12.1 Å². The molecule has 0 heterocycles. The maximum Gasteiger partial charge on any atom is 0.407 e. The van der Waals surface area contributed by atoms with Crippen LogP contribution in [0.1, 0.15) is 49.8 Å². The summed E-state index contributed by atoms with van der Waals surface area (Å²) in [4.78, 5) is 25.7. The van der Waals surface area contributed by atoms with E-state index in [1.807, 2.05) is 36.4 Å². The Bertz CT molecular complexity index is 1240. The zero-order chi connectivity index (χ0) is 26.6.